The fraction of sp³-hybridized carbons (Fsp3) is 0.100. The first-order chi connectivity index (χ1) is 7.15. The number of hydrogen-bond acceptors (Lipinski definition) is 5. The topological polar surface area (TPSA) is 72.3 Å². The minimum absolute atomic E-state index is 0.303. The van der Waals surface area contributed by atoms with Crippen molar-refractivity contribution >= 4 is 16.9 Å². The smallest absolute Gasteiger partial charge is 0.314 e. The van der Waals surface area contributed by atoms with Crippen molar-refractivity contribution in [2.45, 2.75) is 6.92 Å². The van der Waals surface area contributed by atoms with Crippen molar-refractivity contribution in [2.24, 2.45) is 0 Å². The van der Waals surface area contributed by atoms with Crippen LogP contribution >= 0.6 is 0 Å². The number of rotatable bonds is 1. The molecule has 1 aromatic carbocycles. The zero-order valence-electron chi connectivity index (χ0n) is 7.97. The molecule has 5 heteroatoms. The number of fused-ring (bicyclic) bond motifs is 1. The predicted octanol–water partition coefficient (Wildman–Crippen LogP) is 1.26. The van der Waals surface area contributed by atoms with E-state index < -0.39 is 5.97 Å². The normalized spacial score (nSPS) is 10.2. The minimum atomic E-state index is -0.396. The number of ether oxygens (including phenoxy) is 1. The first-order valence-corrected chi connectivity index (χ1v) is 4.29. The molecule has 0 fully saturated rings. The van der Waals surface area contributed by atoms with Crippen LogP contribution in [-0.4, -0.2) is 21.0 Å². The molecule has 76 valence electrons. The van der Waals surface area contributed by atoms with Gasteiger partial charge >= 0.3 is 12.0 Å². The van der Waals surface area contributed by atoms with E-state index in [2.05, 4.69) is 9.97 Å². The third-order valence-corrected chi connectivity index (χ3v) is 1.80. The van der Waals surface area contributed by atoms with Crippen LogP contribution in [0.2, 0.25) is 0 Å². The molecule has 0 atom stereocenters. The zero-order valence-corrected chi connectivity index (χ0v) is 7.97. The maximum Gasteiger partial charge on any atom is 0.314 e. The minimum Gasteiger partial charge on any atom is -0.479 e. The van der Waals surface area contributed by atoms with E-state index in [0.29, 0.717) is 11.3 Å². The highest BCUT2D eigenvalue weighted by Gasteiger charge is 2.02. The van der Waals surface area contributed by atoms with Gasteiger partial charge in [0.25, 0.3) is 0 Å². The third kappa shape index (κ3) is 2.01. The lowest BCUT2D eigenvalue weighted by molar-refractivity contribution is -0.131. The van der Waals surface area contributed by atoms with Gasteiger partial charge in [-0.25, -0.2) is 4.98 Å². The second kappa shape index (κ2) is 3.53. The lowest BCUT2D eigenvalue weighted by Gasteiger charge is -2.02. The van der Waals surface area contributed by atoms with Crippen molar-refractivity contribution < 1.29 is 14.6 Å². The van der Waals surface area contributed by atoms with Gasteiger partial charge in [-0.15, -0.1) is 0 Å². The van der Waals surface area contributed by atoms with Gasteiger partial charge < -0.3 is 9.84 Å². The number of aromatic nitrogens is 2. The molecular formula is C10H8N2O3. The maximum absolute atomic E-state index is 10.7. The predicted molar refractivity (Wildman–Crippen MR) is 52.5 cm³/mol. The van der Waals surface area contributed by atoms with Crippen LogP contribution in [0.1, 0.15) is 6.92 Å². The van der Waals surface area contributed by atoms with E-state index in [0.717, 1.165) is 5.39 Å². The Hall–Kier alpha value is -2.17. The van der Waals surface area contributed by atoms with Crippen molar-refractivity contribution in [3.8, 4) is 11.8 Å². The van der Waals surface area contributed by atoms with Gasteiger partial charge in [-0.05, 0) is 12.1 Å². The molecule has 2 aromatic rings. The lowest BCUT2D eigenvalue weighted by Crippen LogP contribution is -2.01. The number of nitrogens with zero attached hydrogens (tertiary/aromatic N) is 2. The lowest BCUT2D eigenvalue weighted by atomic mass is 10.2. The Labute approximate surface area is 85.4 Å². The summed E-state index contributed by atoms with van der Waals surface area (Å²) >= 11 is 0. The molecular weight excluding hydrogens is 196 g/mol. The van der Waals surface area contributed by atoms with Crippen LogP contribution in [0.25, 0.3) is 10.9 Å². The monoisotopic (exact) mass is 204 g/mol. The molecule has 1 N–H and O–H groups in total. The van der Waals surface area contributed by atoms with Gasteiger partial charge in [0.05, 0.1) is 5.52 Å². The fourth-order valence-electron chi connectivity index (χ4n) is 1.22. The zero-order chi connectivity index (χ0) is 10.8. The number of carbonyl (C=O) groups excluding carboxylic acids is 1. The van der Waals surface area contributed by atoms with E-state index in [-0.39, 0.29) is 6.01 Å². The summed E-state index contributed by atoms with van der Waals surface area (Å²) in [6, 6.07) is 4.62. The summed E-state index contributed by atoms with van der Waals surface area (Å²) in [6.07, 6.45) is 1.50. The van der Waals surface area contributed by atoms with Crippen LogP contribution in [-0.2, 0) is 4.79 Å². The molecule has 0 aliphatic heterocycles. The van der Waals surface area contributed by atoms with E-state index in [1.165, 1.54) is 13.1 Å². The van der Waals surface area contributed by atoms with Gasteiger partial charge in [0.15, 0.2) is 0 Å². The molecule has 0 radical (unpaired) electrons. The second-order valence-corrected chi connectivity index (χ2v) is 2.98. The van der Waals surface area contributed by atoms with Crippen molar-refractivity contribution in [3.63, 3.8) is 0 Å². The molecule has 0 aliphatic carbocycles. The van der Waals surface area contributed by atoms with Crippen LogP contribution in [0.4, 0.5) is 0 Å². The SMILES string of the molecule is CC(=O)Oc1ccc2cnc(O)nc2c1. The summed E-state index contributed by atoms with van der Waals surface area (Å²) in [5, 5.41) is 9.84. The second-order valence-electron chi connectivity index (χ2n) is 2.98. The summed E-state index contributed by atoms with van der Waals surface area (Å²) in [6.45, 7) is 1.32. The van der Waals surface area contributed by atoms with E-state index in [4.69, 9.17) is 9.84 Å². The van der Waals surface area contributed by atoms with Gasteiger partial charge in [-0.2, -0.15) is 4.98 Å². The van der Waals surface area contributed by atoms with Crippen LogP contribution in [0, 0.1) is 0 Å². The highest BCUT2D eigenvalue weighted by Crippen LogP contribution is 2.19. The van der Waals surface area contributed by atoms with Crippen LogP contribution < -0.4 is 4.74 Å². The number of hydrogen-bond donors (Lipinski definition) is 1. The Bertz CT molecular complexity index is 525. The molecule has 1 aromatic heterocycles. The summed E-state index contributed by atoms with van der Waals surface area (Å²) < 4.78 is 4.88. The molecule has 1 heterocycles. The summed E-state index contributed by atoms with van der Waals surface area (Å²) in [5.41, 5.74) is 0.529. The van der Waals surface area contributed by atoms with Gasteiger partial charge in [-0.1, -0.05) is 0 Å². The van der Waals surface area contributed by atoms with Crippen molar-refractivity contribution in [2.75, 3.05) is 0 Å². The Kier molecular flexibility index (Phi) is 2.21. The molecule has 0 amide bonds. The molecule has 0 saturated heterocycles. The Morgan fingerprint density at radius 1 is 1.47 bits per heavy atom. The molecule has 2 rings (SSSR count). The van der Waals surface area contributed by atoms with E-state index >= 15 is 0 Å². The standard InChI is InChI=1S/C10H8N2O3/c1-6(13)15-8-3-2-7-5-11-10(14)12-9(7)4-8/h2-5H,1H3,(H,11,12,14). The highest BCUT2D eigenvalue weighted by molar-refractivity contribution is 5.80. The molecule has 0 bridgehead atoms. The molecule has 15 heavy (non-hydrogen) atoms. The summed E-state index contributed by atoms with van der Waals surface area (Å²) in [4.78, 5) is 18.1. The van der Waals surface area contributed by atoms with Gasteiger partial charge in [0.1, 0.15) is 5.75 Å². The average molecular weight is 204 g/mol. The summed E-state index contributed by atoms with van der Waals surface area (Å²) in [5.74, 6) is 0.000674. The first kappa shape index (κ1) is 9.39. The average Bonchev–Trinajstić information content (AvgIpc) is 2.16. The van der Waals surface area contributed by atoms with Crippen molar-refractivity contribution in [1.29, 1.82) is 0 Å². The number of aromatic hydroxyl groups is 1. The Morgan fingerprint density at radius 2 is 2.27 bits per heavy atom. The Balaban J connectivity index is 2.49. The molecule has 5 nitrogen and oxygen atoms in total. The quantitative estimate of drug-likeness (QED) is 0.559. The van der Waals surface area contributed by atoms with Gasteiger partial charge in [-0.3, -0.25) is 4.79 Å². The summed E-state index contributed by atoms with van der Waals surface area (Å²) in [7, 11) is 0. The van der Waals surface area contributed by atoms with Crippen LogP contribution in [0.15, 0.2) is 24.4 Å². The molecule has 0 unspecified atom stereocenters. The largest absolute Gasteiger partial charge is 0.479 e. The molecule has 0 saturated carbocycles. The molecule has 0 spiro atoms. The third-order valence-electron chi connectivity index (χ3n) is 1.80. The van der Waals surface area contributed by atoms with Gasteiger partial charge in [0, 0.05) is 24.6 Å². The van der Waals surface area contributed by atoms with Crippen molar-refractivity contribution in [3.05, 3.63) is 24.4 Å². The first-order valence-electron chi connectivity index (χ1n) is 4.29. The van der Waals surface area contributed by atoms with Crippen LogP contribution in [0.3, 0.4) is 0 Å². The number of carbonyl (C=O) groups is 1. The number of benzene rings is 1. The van der Waals surface area contributed by atoms with Crippen LogP contribution in [0.5, 0.6) is 11.8 Å². The maximum atomic E-state index is 10.7. The van der Waals surface area contributed by atoms with Crippen molar-refractivity contribution in [1.82, 2.24) is 9.97 Å². The molecule has 0 aliphatic rings. The Morgan fingerprint density at radius 3 is 3.00 bits per heavy atom. The highest BCUT2D eigenvalue weighted by atomic mass is 16.5. The van der Waals surface area contributed by atoms with Gasteiger partial charge in [0.2, 0.25) is 0 Å². The van der Waals surface area contributed by atoms with E-state index in [1.807, 2.05) is 0 Å². The number of esters is 1. The fourth-order valence-corrected chi connectivity index (χ4v) is 1.22. The van der Waals surface area contributed by atoms with E-state index in [9.17, 15) is 4.79 Å². The van der Waals surface area contributed by atoms with E-state index in [1.54, 1.807) is 18.2 Å².